The topological polar surface area (TPSA) is 86.6 Å². The van der Waals surface area contributed by atoms with Crippen LogP contribution < -0.4 is 14.8 Å². The maximum absolute atomic E-state index is 13.5. The minimum atomic E-state index is -3.85. The Balaban J connectivity index is 1.83. The Morgan fingerprint density at radius 1 is 1.03 bits per heavy atom. The Hall–Kier alpha value is -3.26. The number of sulfone groups is 1. The number of ether oxygens (including phenoxy) is 2. The van der Waals surface area contributed by atoms with Gasteiger partial charge in [-0.2, -0.15) is 0 Å². The third-order valence-corrected chi connectivity index (χ3v) is 7.34. The maximum atomic E-state index is 13.5. The van der Waals surface area contributed by atoms with Crippen molar-refractivity contribution in [1.29, 1.82) is 0 Å². The first kappa shape index (κ1) is 21.0. The highest BCUT2D eigenvalue weighted by Crippen LogP contribution is 2.38. The number of hydrogen-bond acceptors (Lipinski definition) is 5. The van der Waals surface area contributed by atoms with Crippen molar-refractivity contribution in [2.75, 3.05) is 12.1 Å². The summed E-state index contributed by atoms with van der Waals surface area (Å²) in [5.74, 6) is 0.885. The van der Waals surface area contributed by atoms with E-state index >= 15 is 0 Å². The molecule has 0 spiro atoms. The van der Waals surface area contributed by atoms with E-state index in [9.17, 15) is 13.2 Å². The fourth-order valence-corrected chi connectivity index (χ4v) is 5.53. The molecule has 0 bridgehead atoms. The summed E-state index contributed by atoms with van der Waals surface area (Å²) in [6, 6.07) is 13.0. The lowest BCUT2D eigenvalue weighted by Crippen LogP contribution is -2.18. The smallest absolute Gasteiger partial charge is 0.256 e. The molecule has 0 saturated heterocycles. The number of amides is 1. The van der Waals surface area contributed by atoms with E-state index in [0.29, 0.717) is 22.6 Å². The first-order valence-corrected chi connectivity index (χ1v) is 11.4. The number of aromatic nitrogens is 1. The number of carbonyl (C=O) groups is 1. The molecule has 3 aromatic rings. The third kappa shape index (κ3) is 3.57. The fourth-order valence-electron chi connectivity index (χ4n) is 3.83. The second kappa shape index (κ2) is 7.77. The summed E-state index contributed by atoms with van der Waals surface area (Å²) in [6.07, 6.45) is 0. The monoisotopic (exact) mass is 440 g/mol. The van der Waals surface area contributed by atoms with Crippen LogP contribution in [0.5, 0.6) is 11.5 Å². The van der Waals surface area contributed by atoms with E-state index in [1.807, 2.05) is 25.3 Å². The van der Waals surface area contributed by atoms with Gasteiger partial charge in [0.05, 0.1) is 4.90 Å². The summed E-state index contributed by atoms with van der Waals surface area (Å²) in [6.45, 7) is 7.62. The van der Waals surface area contributed by atoms with E-state index in [4.69, 9.17) is 9.47 Å². The first-order valence-electron chi connectivity index (χ1n) is 9.94. The number of carbonyl (C=O) groups excluding carboxylic acids is 1. The quantitative estimate of drug-likeness (QED) is 0.631. The Morgan fingerprint density at radius 2 is 1.71 bits per heavy atom. The highest BCUT2D eigenvalue weighted by Gasteiger charge is 2.31. The van der Waals surface area contributed by atoms with E-state index in [1.54, 1.807) is 55.5 Å². The van der Waals surface area contributed by atoms with Crippen LogP contribution in [0.2, 0.25) is 0 Å². The number of rotatable bonds is 5. The van der Waals surface area contributed by atoms with Gasteiger partial charge in [0.15, 0.2) is 11.5 Å². The van der Waals surface area contributed by atoms with Crippen LogP contribution in [0, 0.1) is 13.8 Å². The number of anilines is 1. The molecule has 1 aliphatic heterocycles. The molecule has 2 aromatic carbocycles. The first-order chi connectivity index (χ1) is 14.7. The summed E-state index contributed by atoms with van der Waals surface area (Å²) >= 11 is 0. The number of hydrogen-bond donors (Lipinski definition) is 1. The molecule has 2 heterocycles. The van der Waals surface area contributed by atoms with Crippen molar-refractivity contribution in [2.24, 2.45) is 0 Å². The third-order valence-electron chi connectivity index (χ3n) is 5.41. The molecule has 7 nitrogen and oxygen atoms in total. The molecule has 1 aliphatic rings. The van der Waals surface area contributed by atoms with Crippen molar-refractivity contribution in [3.05, 3.63) is 65.4 Å². The largest absolute Gasteiger partial charge is 0.454 e. The van der Waals surface area contributed by atoms with Crippen LogP contribution in [0.1, 0.15) is 41.5 Å². The van der Waals surface area contributed by atoms with Gasteiger partial charge >= 0.3 is 0 Å². The van der Waals surface area contributed by atoms with Gasteiger partial charge < -0.3 is 19.4 Å². The molecule has 0 fully saturated rings. The average Bonchev–Trinajstić information content (AvgIpc) is 3.30. The zero-order chi connectivity index (χ0) is 22.3. The van der Waals surface area contributed by atoms with Crippen molar-refractivity contribution >= 4 is 21.6 Å². The predicted molar refractivity (Wildman–Crippen MR) is 117 cm³/mol. The maximum Gasteiger partial charge on any atom is 0.256 e. The van der Waals surface area contributed by atoms with Gasteiger partial charge in [-0.1, -0.05) is 18.2 Å². The molecule has 1 amide bonds. The highest BCUT2D eigenvalue weighted by molar-refractivity contribution is 7.91. The minimum absolute atomic E-state index is 0.0644. The van der Waals surface area contributed by atoms with Crippen molar-refractivity contribution in [1.82, 2.24) is 4.57 Å². The zero-order valence-corrected chi connectivity index (χ0v) is 18.6. The highest BCUT2D eigenvalue weighted by atomic mass is 32.2. The van der Waals surface area contributed by atoms with Crippen molar-refractivity contribution in [3.63, 3.8) is 0 Å². The van der Waals surface area contributed by atoms with Gasteiger partial charge in [-0.3, -0.25) is 4.79 Å². The van der Waals surface area contributed by atoms with E-state index in [0.717, 1.165) is 5.69 Å². The summed E-state index contributed by atoms with van der Waals surface area (Å²) in [5, 5.41) is 2.85. The number of nitrogens with zero attached hydrogens (tertiary/aromatic N) is 1. The molecular formula is C23H24N2O5S. The van der Waals surface area contributed by atoms with Crippen LogP contribution in [0.25, 0.3) is 0 Å². The summed E-state index contributed by atoms with van der Waals surface area (Å²) in [5.41, 5.74) is 1.74. The van der Waals surface area contributed by atoms with Crippen LogP contribution in [-0.4, -0.2) is 25.7 Å². The van der Waals surface area contributed by atoms with Gasteiger partial charge in [-0.05, 0) is 63.6 Å². The van der Waals surface area contributed by atoms with Crippen LogP contribution in [-0.2, 0) is 9.84 Å². The SMILES string of the molecule is Cc1c(S(=O)(=O)c2ccccc2)c(NC(=O)c2ccc3c(c2)OCO3)n(C(C)C)c1C. The molecule has 0 atom stereocenters. The molecule has 0 saturated carbocycles. The van der Waals surface area contributed by atoms with Gasteiger partial charge in [-0.15, -0.1) is 0 Å². The van der Waals surface area contributed by atoms with E-state index in [1.165, 1.54) is 0 Å². The summed E-state index contributed by atoms with van der Waals surface area (Å²) in [4.78, 5) is 13.4. The summed E-state index contributed by atoms with van der Waals surface area (Å²) < 4.78 is 39.6. The Kier molecular flexibility index (Phi) is 5.26. The average molecular weight is 441 g/mol. The van der Waals surface area contributed by atoms with E-state index < -0.39 is 15.7 Å². The Labute approximate surface area is 181 Å². The molecule has 31 heavy (non-hydrogen) atoms. The second-order valence-electron chi connectivity index (χ2n) is 7.69. The second-order valence-corrected chi connectivity index (χ2v) is 9.58. The minimum Gasteiger partial charge on any atom is -0.454 e. The standard InChI is InChI=1S/C23H24N2O5S/c1-14(2)25-16(4)15(3)21(31(27,28)18-8-6-5-7-9-18)22(25)24-23(26)17-10-11-19-20(12-17)30-13-29-19/h5-12,14H,13H2,1-4H3,(H,24,26). The Bertz CT molecular complexity index is 1260. The van der Waals surface area contributed by atoms with Crippen molar-refractivity contribution in [2.45, 2.75) is 43.5 Å². The fraction of sp³-hybridized carbons (Fsp3) is 0.261. The lowest BCUT2D eigenvalue weighted by atomic mass is 10.2. The zero-order valence-electron chi connectivity index (χ0n) is 17.8. The predicted octanol–water partition coefficient (Wildman–Crippen LogP) is 4.50. The lowest BCUT2D eigenvalue weighted by Gasteiger charge is -2.17. The van der Waals surface area contributed by atoms with Crippen molar-refractivity contribution in [3.8, 4) is 11.5 Å². The normalized spacial score (nSPS) is 12.9. The van der Waals surface area contributed by atoms with E-state index in [2.05, 4.69) is 5.32 Å². The molecule has 0 radical (unpaired) electrons. The van der Waals surface area contributed by atoms with E-state index in [-0.39, 0.29) is 28.4 Å². The molecule has 162 valence electrons. The number of nitrogens with one attached hydrogen (secondary N) is 1. The van der Waals surface area contributed by atoms with Gasteiger partial charge in [0.25, 0.3) is 5.91 Å². The summed E-state index contributed by atoms with van der Waals surface area (Å²) in [7, 11) is -3.85. The lowest BCUT2D eigenvalue weighted by molar-refractivity contribution is 0.102. The molecule has 0 unspecified atom stereocenters. The Morgan fingerprint density at radius 3 is 2.39 bits per heavy atom. The van der Waals surface area contributed by atoms with Gasteiger partial charge in [0, 0.05) is 17.3 Å². The number of fused-ring (bicyclic) bond motifs is 1. The molecule has 1 N–H and O–H groups in total. The van der Waals surface area contributed by atoms with Gasteiger partial charge in [0.2, 0.25) is 16.6 Å². The molecule has 4 rings (SSSR count). The number of benzene rings is 2. The van der Waals surface area contributed by atoms with Crippen LogP contribution in [0.4, 0.5) is 5.82 Å². The van der Waals surface area contributed by atoms with Crippen molar-refractivity contribution < 1.29 is 22.7 Å². The van der Waals surface area contributed by atoms with Crippen LogP contribution >= 0.6 is 0 Å². The molecule has 0 aliphatic carbocycles. The molecular weight excluding hydrogens is 416 g/mol. The van der Waals surface area contributed by atoms with Gasteiger partial charge in [-0.25, -0.2) is 8.42 Å². The molecule has 8 heteroatoms. The van der Waals surface area contributed by atoms with Gasteiger partial charge in [0.1, 0.15) is 10.7 Å². The molecule has 1 aromatic heterocycles. The van der Waals surface area contributed by atoms with Crippen LogP contribution in [0.15, 0.2) is 58.3 Å². The van der Waals surface area contributed by atoms with Crippen LogP contribution in [0.3, 0.4) is 0 Å².